The molecular formula is C15H20N2O. The fourth-order valence-electron chi connectivity index (χ4n) is 2.22. The number of carbonyl (C=O) groups is 1. The summed E-state index contributed by atoms with van der Waals surface area (Å²) in [4.78, 5) is 14.0. The first kappa shape index (κ1) is 12.7. The van der Waals surface area contributed by atoms with E-state index in [4.69, 9.17) is 5.73 Å². The van der Waals surface area contributed by atoms with E-state index < -0.39 is 0 Å². The van der Waals surface area contributed by atoms with Gasteiger partial charge in [-0.05, 0) is 37.5 Å². The van der Waals surface area contributed by atoms with Crippen molar-refractivity contribution in [1.29, 1.82) is 0 Å². The zero-order valence-electron chi connectivity index (χ0n) is 10.9. The lowest BCUT2D eigenvalue weighted by molar-refractivity contribution is -0.130. The lowest BCUT2D eigenvalue weighted by Gasteiger charge is -2.26. The van der Waals surface area contributed by atoms with Gasteiger partial charge >= 0.3 is 0 Å². The van der Waals surface area contributed by atoms with Crippen LogP contribution in [-0.2, 0) is 11.2 Å². The second-order valence-electron chi connectivity index (χ2n) is 4.90. The van der Waals surface area contributed by atoms with Crippen molar-refractivity contribution >= 4 is 11.6 Å². The van der Waals surface area contributed by atoms with E-state index >= 15 is 0 Å². The highest BCUT2D eigenvalue weighted by Gasteiger charge is 2.15. The van der Waals surface area contributed by atoms with Gasteiger partial charge in [0.25, 0.3) is 0 Å². The van der Waals surface area contributed by atoms with Gasteiger partial charge in [0.1, 0.15) is 0 Å². The minimum absolute atomic E-state index is 0.249. The fourth-order valence-corrected chi connectivity index (χ4v) is 2.22. The average molecular weight is 244 g/mol. The van der Waals surface area contributed by atoms with Crippen LogP contribution in [0.5, 0.6) is 0 Å². The van der Waals surface area contributed by atoms with E-state index in [0.29, 0.717) is 6.42 Å². The number of nitrogen functional groups attached to an aromatic ring is 1. The number of hydrogen-bond acceptors (Lipinski definition) is 2. The van der Waals surface area contributed by atoms with Gasteiger partial charge in [-0.3, -0.25) is 4.79 Å². The van der Waals surface area contributed by atoms with Crippen LogP contribution in [0.15, 0.2) is 35.9 Å². The van der Waals surface area contributed by atoms with Gasteiger partial charge in [0.2, 0.25) is 5.91 Å². The van der Waals surface area contributed by atoms with Crippen LogP contribution in [0.4, 0.5) is 5.69 Å². The van der Waals surface area contributed by atoms with Gasteiger partial charge in [0, 0.05) is 25.2 Å². The molecule has 2 N–H and O–H groups in total. The summed E-state index contributed by atoms with van der Waals surface area (Å²) in [7, 11) is 0. The standard InChI is InChI=1S/C15H20N2O/c1-12-3-2-10-17(11-12)15(18)9-6-13-4-7-14(16)8-5-13/h3-5,7-8H,2,6,9-11,16H2,1H3. The molecule has 0 bridgehead atoms. The molecule has 0 radical (unpaired) electrons. The topological polar surface area (TPSA) is 46.3 Å². The van der Waals surface area contributed by atoms with Gasteiger partial charge in [0.15, 0.2) is 0 Å². The van der Waals surface area contributed by atoms with E-state index in [1.54, 1.807) is 0 Å². The molecule has 0 fully saturated rings. The zero-order valence-corrected chi connectivity index (χ0v) is 10.9. The third kappa shape index (κ3) is 3.36. The van der Waals surface area contributed by atoms with E-state index in [2.05, 4.69) is 13.0 Å². The highest BCUT2D eigenvalue weighted by atomic mass is 16.2. The van der Waals surface area contributed by atoms with Gasteiger partial charge in [0.05, 0.1) is 0 Å². The first-order chi connectivity index (χ1) is 8.65. The summed E-state index contributed by atoms with van der Waals surface area (Å²) in [6.45, 7) is 3.73. The van der Waals surface area contributed by atoms with E-state index in [9.17, 15) is 4.79 Å². The largest absolute Gasteiger partial charge is 0.399 e. The maximum Gasteiger partial charge on any atom is 0.223 e. The minimum Gasteiger partial charge on any atom is -0.399 e. The number of carbonyl (C=O) groups excluding carboxylic acids is 1. The van der Waals surface area contributed by atoms with Crippen molar-refractivity contribution in [2.45, 2.75) is 26.2 Å². The molecule has 1 aliphatic heterocycles. The van der Waals surface area contributed by atoms with Crippen molar-refractivity contribution in [2.75, 3.05) is 18.8 Å². The molecule has 3 heteroatoms. The monoisotopic (exact) mass is 244 g/mol. The first-order valence-electron chi connectivity index (χ1n) is 6.43. The van der Waals surface area contributed by atoms with Crippen LogP contribution in [0.2, 0.25) is 0 Å². The number of rotatable bonds is 3. The molecule has 0 spiro atoms. The van der Waals surface area contributed by atoms with Crippen LogP contribution < -0.4 is 5.73 Å². The Labute approximate surface area is 108 Å². The van der Waals surface area contributed by atoms with Crippen molar-refractivity contribution in [2.24, 2.45) is 0 Å². The predicted octanol–water partition coefficient (Wildman–Crippen LogP) is 2.38. The van der Waals surface area contributed by atoms with Gasteiger partial charge in [-0.25, -0.2) is 0 Å². The maximum absolute atomic E-state index is 12.1. The Kier molecular flexibility index (Phi) is 4.03. The number of amides is 1. The number of hydrogen-bond donors (Lipinski definition) is 1. The SMILES string of the molecule is CC1=CCCN(C(=O)CCc2ccc(N)cc2)C1. The molecule has 0 unspecified atom stereocenters. The number of nitrogens with zero attached hydrogens (tertiary/aromatic N) is 1. The Balaban J connectivity index is 1.85. The van der Waals surface area contributed by atoms with Crippen LogP contribution in [0.1, 0.15) is 25.3 Å². The van der Waals surface area contributed by atoms with E-state index in [1.807, 2.05) is 29.2 Å². The second-order valence-corrected chi connectivity index (χ2v) is 4.90. The summed E-state index contributed by atoms with van der Waals surface area (Å²) >= 11 is 0. The molecule has 0 aromatic heterocycles. The lowest BCUT2D eigenvalue weighted by atomic mass is 10.1. The van der Waals surface area contributed by atoms with Crippen LogP contribution in [0, 0.1) is 0 Å². The second kappa shape index (κ2) is 5.71. The van der Waals surface area contributed by atoms with E-state index in [1.165, 1.54) is 11.1 Å². The normalized spacial score (nSPS) is 15.4. The van der Waals surface area contributed by atoms with Crippen LogP contribution >= 0.6 is 0 Å². The smallest absolute Gasteiger partial charge is 0.223 e. The summed E-state index contributed by atoms with van der Waals surface area (Å²) in [5.74, 6) is 0.249. The zero-order chi connectivity index (χ0) is 13.0. The van der Waals surface area contributed by atoms with E-state index in [0.717, 1.165) is 31.6 Å². The molecule has 2 rings (SSSR count). The number of anilines is 1. The Bertz CT molecular complexity index is 448. The summed E-state index contributed by atoms with van der Waals surface area (Å²) in [6.07, 6.45) is 4.57. The molecule has 96 valence electrons. The Morgan fingerprint density at radius 1 is 1.33 bits per heavy atom. The number of benzene rings is 1. The van der Waals surface area contributed by atoms with Gasteiger partial charge < -0.3 is 10.6 Å². The quantitative estimate of drug-likeness (QED) is 0.655. The number of aryl methyl sites for hydroxylation is 1. The third-order valence-corrected chi connectivity index (χ3v) is 3.29. The Morgan fingerprint density at radius 2 is 2.06 bits per heavy atom. The first-order valence-corrected chi connectivity index (χ1v) is 6.43. The van der Waals surface area contributed by atoms with Crippen molar-refractivity contribution in [3.8, 4) is 0 Å². The van der Waals surface area contributed by atoms with Crippen LogP contribution in [0.3, 0.4) is 0 Å². The maximum atomic E-state index is 12.1. The van der Waals surface area contributed by atoms with Gasteiger partial charge in [-0.1, -0.05) is 23.8 Å². The van der Waals surface area contributed by atoms with Gasteiger partial charge in [-0.2, -0.15) is 0 Å². The summed E-state index contributed by atoms with van der Waals surface area (Å²) < 4.78 is 0. The third-order valence-electron chi connectivity index (χ3n) is 3.29. The Morgan fingerprint density at radius 3 is 2.72 bits per heavy atom. The molecule has 3 nitrogen and oxygen atoms in total. The molecule has 1 heterocycles. The summed E-state index contributed by atoms with van der Waals surface area (Å²) in [5.41, 5.74) is 8.86. The molecule has 18 heavy (non-hydrogen) atoms. The van der Waals surface area contributed by atoms with Crippen molar-refractivity contribution in [3.05, 3.63) is 41.5 Å². The molecule has 1 aromatic carbocycles. The Hall–Kier alpha value is -1.77. The van der Waals surface area contributed by atoms with Crippen molar-refractivity contribution < 1.29 is 4.79 Å². The average Bonchev–Trinajstić information content (AvgIpc) is 2.38. The lowest BCUT2D eigenvalue weighted by Crippen LogP contribution is -2.35. The predicted molar refractivity (Wildman–Crippen MR) is 74.1 cm³/mol. The molecule has 1 amide bonds. The van der Waals surface area contributed by atoms with E-state index in [-0.39, 0.29) is 5.91 Å². The summed E-state index contributed by atoms with van der Waals surface area (Å²) in [5, 5.41) is 0. The minimum atomic E-state index is 0.249. The fraction of sp³-hybridized carbons (Fsp3) is 0.400. The molecular weight excluding hydrogens is 224 g/mol. The van der Waals surface area contributed by atoms with Gasteiger partial charge in [-0.15, -0.1) is 0 Å². The molecule has 0 saturated carbocycles. The van der Waals surface area contributed by atoms with Crippen molar-refractivity contribution in [1.82, 2.24) is 4.90 Å². The van der Waals surface area contributed by atoms with Crippen molar-refractivity contribution in [3.63, 3.8) is 0 Å². The highest BCUT2D eigenvalue weighted by molar-refractivity contribution is 5.77. The molecule has 1 aliphatic rings. The highest BCUT2D eigenvalue weighted by Crippen LogP contribution is 2.12. The van der Waals surface area contributed by atoms with Crippen LogP contribution in [0.25, 0.3) is 0 Å². The van der Waals surface area contributed by atoms with Crippen LogP contribution in [-0.4, -0.2) is 23.9 Å². The summed E-state index contributed by atoms with van der Waals surface area (Å²) in [6, 6.07) is 7.75. The molecule has 1 aromatic rings. The molecule has 0 saturated heterocycles. The number of nitrogens with two attached hydrogens (primary N) is 1. The molecule has 0 atom stereocenters. The molecule has 0 aliphatic carbocycles.